The lowest BCUT2D eigenvalue weighted by Crippen LogP contribution is -2.16. The molecule has 24 heavy (non-hydrogen) atoms. The summed E-state index contributed by atoms with van der Waals surface area (Å²) in [5.74, 6) is 7.14. The third-order valence-corrected chi connectivity index (χ3v) is 4.66. The SMILES string of the molecule is COc1ccccc1-c1nnc(SCC(=O)Nc2nccs2)n1N. The molecule has 1 aromatic carbocycles. The Kier molecular flexibility index (Phi) is 4.96. The van der Waals surface area contributed by atoms with Gasteiger partial charge in [0.25, 0.3) is 0 Å². The number of nitrogens with two attached hydrogens (primary N) is 1. The number of carbonyl (C=O) groups excluding carboxylic acids is 1. The molecule has 3 aromatic rings. The lowest BCUT2D eigenvalue weighted by molar-refractivity contribution is -0.113. The Labute approximate surface area is 146 Å². The van der Waals surface area contributed by atoms with Crippen molar-refractivity contribution in [2.75, 3.05) is 24.0 Å². The van der Waals surface area contributed by atoms with Crippen molar-refractivity contribution in [2.24, 2.45) is 0 Å². The monoisotopic (exact) mass is 362 g/mol. The van der Waals surface area contributed by atoms with E-state index in [4.69, 9.17) is 10.6 Å². The Balaban J connectivity index is 1.70. The average molecular weight is 362 g/mol. The molecule has 0 bridgehead atoms. The molecule has 0 fully saturated rings. The number of benzene rings is 1. The number of nitrogens with one attached hydrogen (secondary N) is 1. The number of carbonyl (C=O) groups is 1. The van der Waals surface area contributed by atoms with Crippen LogP contribution < -0.4 is 15.9 Å². The molecule has 0 aliphatic heterocycles. The van der Waals surface area contributed by atoms with Crippen molar-refractivity contribution in [1.82, 2.24) is 19.9 Å². The fraction of sp³-hybridized carbons (Fsp3) is 0.143. The molecule has 10 heteroatoms. The normalized spacial score (nSPS) is 10.5. The first-order chi connectivity index (χ1) is 11.7. The van der Waals surface area contributed by atoms with Gasteiger partial charge in [-0.2, -0.15) is 0 Å². The quantitative estimate of drug-likeness (QED) is 0.509. The van der Waals surface area contributed by atoms with Crippen LogP contribution in [0.2, 0.25) is 0 Å². The van der Waals surface area contributed by atoms with Crippen LogP contribution in [0.5, 0.6) is 5.75 Å². The van der Waals surface area contributed by atoms with Crippen LogP contribution in [0.25, 0.3) is 11.4 Å². The van der Waals surface area contributed by atoms with Crippen LogP contribution in [-0.2, 0) is 4.79 Å². The average Bonchev–Trinajstić information content (AvgIpc) is 3.23. The molecule has 0 unspecified atom stereocenters. The number of aromatic nitrogens is 4. The van der Waals surface area contributed by atoms with Gasteiger partial charge in [0, 0.05) is 11.6 Å². The molecule has 0 aliphatic carbocycles. The number of thiazole rings is 1. The minimum absolute atomic E-state index is 0.154. The van der Waals surface area contributed by atoms with Gasteiger partial charge < -0.3 is 15.9 Å². The molecule has 0 atom stereocenters. The number of ether oxygens (including phenoxy) is 1. The summed E-state index contributed by atoms with van der Waals surface area (Å²) in [6, 6.07) is 7.38. The molecular formula is C14H14N6O2S2. The standard InChI is InChI=1S/C14H14N6O2S2/c1-22-10-5-3-2-4-9(10)12-18-19-14(20(12)15)24-8-11(21)17-13-16-6-7-23-13/h2-7H,8,15H2,1H3,(H,16,17,21). The van der Waals surface area contributed by atoms with Crippen molar-refractivity contribution in [3.05, 3.63) is 35.8 Å². The second kappa shape index (κ2) is 7.32. The van der Waals surface area contributed by atoms with Gasteiger partial charge in [0.15, 0.2) is 11.0 Å². The van der Waals surface area contributed by atoms with E-state index >= 15 is 0 Å². The predicted octanol–water partition coefficient (Wildman–Crippen LogP) is 1.85. The largest absolute Gasteiger partial charge is 0.496 e. The summed E-state index contributed by atoms with van der Waals surface area (Å²) in [6.45, 7) is 0. The minimum Gasteiger partial charge on any atom is -0.496 e. The van der Waals surface area contributed by atoms with Crippen LogP contribution >= 0.6 is 23.1 Å². The number of hydrogen-bond acceptors (Lipinski definition) is 8. The van der Waals surface area contributed by atoms with Crippen molar-refractivity contribution >= 4 is 34.1 Å². The molecule has 2 aromatic heterocycles. The summed E-state index contributed by atoms with van der Waals surface area (Å²) >= 11 is 2.55. The topological polar surface area (TPSA) is 108 Å². The molecule has 3 N–H and O–H groups in total. The second-order valence-electron chi connectivity index (χ2n) is 4.55. The number of methoxy groups -OCH3 is 1. The maximum Gasteiger partial charge on any atom is 0.236 e. The fourth-order valence-electron chi connectivity index (χ4n) is 1.96. The van der Waals surface area contributed by atoms with Gasteiger partial charge in [-0.25, -0.2) is 9.66 Å². The third kappa shape index (κ3) is 3.49. The van der Waals surface area contributed by atoms with Crippen LogP contribution in [0.1, 0.15) is 0 Å². The first-order valence-corrected chi connectivity index (χ1v) is 8.71. The molecule has 3 rings (SSSR count). The maximum atomic E-state index is 11.9. The number of rotatable bonds is 6. The highest BCUT2D eigenvalue weighted by Gasteiger charge is 2.16. The molecule has 8 nitrogen and oxygen atoms in total. The first kappa shape index (κ1) is 16.3. The zero-order valence-electron chi connectivity index (χ0n) is 12.7. The van der Waals surface area contributed by atoms with E-state index < -0.39 is 0 Å². The number of nitrogen functional groups attached to an aromatic ring is 1. The van der Waals surface area contributed by atoms with E-state index in [0.717, 1.165) is 5.56 Å². The zero-order chi connectivity index (χ0) is 16.9. The smallest absolute Gasteiger partial charge is 0.236 e. The van der Waals surface area contributed by atoms with Crippen molar-refractivity contribution in [1.29, 1.82) is 0 Å². The van der Waals surface area contributed by atoms with Crippen LogP contribution in [0.3, 0.4) is 0 Å². The van der Waals surface area contributed by atoms with Crippen LogP contribution in [0, 0.1) is 0 Å². The van der Waals surface area contributed by atoms with E-state index in [-0.39, 0.29) is 11.7 Å². The molecule has 1 amide bonds. The van der Waals surface area contributed by atoms with Gasteiger partial charge >= 0.3 is 0 Å². The van der Waals surface area contributed by atoms with Crippen LogP contribution in [-0.4, -0.2) is 38.6 Å². The molecule has 0 saturated carbocycles. The third-order valence-electron chi connectivity index (χ3n) is 3.02. The second-order valence-corrected chi connectivity index (χ2v) is 6.39. The van der Waals surface area contributed by atoms with Gasteiger partial charge in [0.05, 0.1) is 18.4 Å². The van der Waals surface area contributed by atoms with Crippen LogP contribution in [0.15, 0.2) is 41.0 Å². The zero-order valence-corrected chi connectivity index (χ0v) is 14.3. The van der Waals surface area contributed by atoms with Crippen molar-refractivity contribution in [2.45, 2.75) is 5.16 Å². The van der Waals surface area contributed by atoms with Gasteiger partial charge in [-0.05, 0) is 12.1 Å². The minimum atomic E-state index is -0.184. The van der Waals surface area contributed by atoms with Crippen molar-refractivity contribution < 1.29 is 9.53 Å². The number of nitrogens with zero attached hydrogens (tertiary/aromatic N) is 4. The lowest BCUT2D eigenvalue weighted by atomic mass is 10.2. The molecular weight excluding hydrogens is 348 g/mol. The van der Waals surface area contributed by atoms with E-state index in [9.17, 15) is 4.79 Å². The Hall–Kier alpha value is -2.59. The number of hydrogen-bond donors (Lipinski definition) is 2. The van der Waals surface area contributed by atoms with Crippen molar-refractivity contribution in [3.63, 3.8) is 0 Å². The van der Waals surface area contributed by atoms with E-state index in [0.29, 0.717) is 21.9 Å². The Morgan fingerprint density at radius 1 is 1.42 bits per heavy atom. The molecule has 0 saturated heterocycles. The van der Waals surface area contributed by atoms with Gasteiger partial charge in [0.1, 0.15) is 5.75 Å². The molecule has 0 radical (unpaired) electrons. The Bertz CT molecular complexity index is 834. The van der Waals surface area contributed by atoms with Gasteiger partial charge in [0.2, 0.25) is 11.1 Å². The lowest BCUT2D eigenvalue weighted by Gasteiger charge is -2.07. The first-order valence-electron chi connectivity index (χ1n) is 6.85. The Morgan fingerprint density at radius 2 is 2.25 bits per heavy atom. The van der Waals surface area contributed by atoms with E-state index in [1.165, 1.54) is 27.8 Å². The maximum absolute atomic E-state index is 11.9. The molecule has 2 heterocycles. The number of para-hydroxylation sites is 1. The van der Waals surface area contributed by atoms with Gasteiger partial charge in [-0.3, -0.25) is 4.79 Å². The van der Waals surface area contributed by atoms with Gasteiger partial charge in [-0.1, -0.05) is 23.9 Å². The highest BCUT2D eigenvalue weighted by Crippen LogP contribution is 2.29. The van der Waals surface area contributed by atoms with Gasteiger partial charge in [-0.15, -0.1) is 21.5 Å². The van der Waals surface area contributed by atoms with E-state index in [1.54, 1.807) is 18.7 Å². The molecule has 0 aliphatic rings. The number of anilines is 1. The predicted molar refractivity (Wildman–Crippen MR) is 93.6 cm³/mol. The summed E-state index contributed by atoms with van der Waals surface area (Å²) < 4.78 is 6.65. The van der Waals surface area contributed by atoms with Crippen molar-refractivity contribution in [3.8, 4) is 17.1 Å². The fourth-order valence-corrected chi connectivity index (χ4v) is 3.16. The Morgan fingerprint density at radius 3 is 3.00 bits per heavy atom. The summed E-state index contributed by atoms with van der Waals surface area (Å²) in [5.41, 5.74) is 0.731. The van der Waals surface area contributed by atoms with E-state index in [1.807, 2.05) is 24.3 Å². The number of thioether (sulfide) groups is 1. The molecule has 124 valence electrons. The summed E-state index contributed by atoms with van der Waals surface area (Å²) in [7, 11) is 1.58. The molecule has 0 spiro atoms. The highest BCUT2D eigenvalue weighted by atomic mass is 32.2. The highest BCUT2D eigenvalue weighted by molar-refractivity contribution is 7.99. The van der Waals surface area contributed by atoms with E-state index in [2.05, 4.69) is 20.5 Å². The summed E-state index contributed by atoms with van der Waals surface area (Å²) in [4.78, 5) is 15.9. The van der Waals surface area contributed by atoms with Crippen LogP contribution in [0.4, 0.5) is 5.13 Å². The summed E-state index contributed by atoms with van der Waals surface area (Å²) in [6.07, 6.45) is 1.63. The number of amides is 1. The summed E-state index contributed by atoms with van der Waals surface area (Å²) in [5, 5.41) is 13.6.